The Kier molecular flexibility index (Phi) is 5.97. The van der Waals surface area contributed by atoms with Crippen molar-refractivity contribution in [1.82, 2.24) is 4.72 Å². The van der Waals surface area contributed by atoms with E-state index in [9.17, 15) is 13.2 Å². The van der Waals surface area contributed by atoms with Crippen molar-refractivity contribution in [2.75, 3.05) is 13.7 Å². The Labute approximate surface area is 126 Å². The van der Waals surface area contributed by atoms with E-state index in [0.29, 0.717) is 10.2 Å². The number of rotatable bonds is 7. The zero-order chi connectivity index (χ0) is 15.3. The summed E-state index contributed by atoms with van der Waals surface area (Å²) in [5.74, 6) is -0.712. The van der Waals surface area contributed by atoms with E-state index in [-0.39, 0.29) is 23.8 Å². The van der Waals surface area contributed by atoms with Gasteiger partial charge in [0.25, 0.3) is 0 Å². The second-order valence-corrected chi connectivity index (χ2v) is 6.97. The van der Waals surface area contributed by atoms with Crippen LogP contribution in [0.5, 0.6) is 5.75 Å². The number of carboxylic acid groups (broad SMARTS) is 1. The average Bonchev–Trinajstić information content (AvgIpc) is 2.35. The van der Waals surface area contributed by atoms with Crippen LogP contribution in [0.25, 0.3) is 0 Å². The maximum Gasteiger partial charge on any atom is 0.303 e. The molecule has 0 aliphatic rings. The molecule has 1 aromatic carbocycles. The monoisotopic (exact) mass is 365 g/mol. The number of hydrogen-bond donors (Lipinski definition) is 2. The van der Waals surface area contributed by atoms with Crippen molar-refractivity contribution in [3.05, 3.63) is 22.7 Å². The van der Waals surface area contributed by atoms with Gasteiger partial charge in [0.2, 0.25) is 10.0 Å². The number of nitrogens with one attached hydrogen (secondary N) is 1. The smallest absolute Gasteiger partial charge is 0.303 e. The van der Waals surface area contributed by atoms with E-state index >= 15 is 0 Å². The van der Waals surface area contributed by atoms with Crippen LogP contribution in [-0.4, -0.2) is 33.1 Å². The van der Waals surface area contributed by atoms with Gasteiger partial charge < -0.3 is 9.84 Å². The highest BCUT2D eigenvalue weighted by Crippen LogP contribution is 2.27. The Bertz CT molecular complexity index is 588. The van der Waals surface area contributed by atoms with E-state index in [1.165, 1.54) is 19.2 Å². The molecule has 0 saturated heterocycles. The zero-order valence-electron chi connectivity index (χ0n) is 11.1. The number of aliphatic carboxylic acids is 1. The van der Waals surface area contributed by atoms with Gasteiger partial charge in [0.05, 0.1) is 16.5 Å². The fraction of sp³-hybridized carbons (Fsp3) is 0.417. The van der Waals surface area contributed by atoms with Crippen molar-refractivity contribution >= 4 is 31.9 Å². The molecular weight excluding hydrogens is 350 g/mol. The van der Waals surface area contributed by atoms with Crippen molar-refractivity contribution in [2.45, 2.75) is 18.2 Å². The van der Waals surface area contributed by atoms with E-state index in [1.54, 1.807) is 13.0 Å². The van der Waals surface area contributed by atoms with Gasteiger partial charge in [-0.1, -0.05) is 6.92 Å². The van der Waals surface area contributed by atoms with E-state index < -0.39 is 16.0 Å². The Balaban J connectivity index is 2.79. The third kappa shape index (κ3) is 4.77. The molecular formula is C12H16BrNO5S. The van der Waals surface area contributed by atoms with Crippen LogP contribution < -0.4 is 9.46 Å². The molecule has 20 heavy (non-hydrogen) atoms. The molecule has 0 fully saturated rings. The second-order valence-electron chi connectivity index (χ2n) is 4.35. The first kappa shape index (κ1) is 16.9. The van der Waals surface area contributed by atoms with Gasteiger partial charge in [-0.25, -0.2) is 13.1 Å². The zero-order valence-corrected chi connectivity index (χ0v) is 13.5. The van der Waals surface area contributed by atoms with Gasteiger partial charge in [-0.2, -0.15) is 0 Å². The summed E-state index contributed by atoms with van der Waals surface area (Å²) in [5.41, 5.74) is 0. The predicted molar refractivity (Wildman–Crippen MR) is 77.3 cm³/mol. The van der Waals surface area contributed by atoms with Crippen LogP contribution >= 0.6 is 15.9 Å². The number of halogens is 1. The van der Waals surface area contributed by atoms with Crippen molar-refractivity contribution in [3.63, 3.8) is 0 Å². The highest BCUT2D eigenvalue weighted by Gasteiger charge is 2.17. The normalized spacial score (nSPS) is 12.9. The number of hydrogen-bond acceptors (Lipinski definition) is 4. The van der Waals surface area contributed by atoms with Gasteiger partial charge in [-0.15, -0.1) is 0 Å². The maximum absolute atomic E-state index is 12.1. The number of carboxylic acids is 1. The van der Waals surface area contributed by atoms with Gasteiger partial charge >= 0.3 is 5.97 Å². The SMILES string of the molecule is COc1ccc(S(=O)(=O)NCC(C)CC(=O)O)cc1Br. The van der Waals surface area contributed by atoms with Crippen molar-refractivity contribution in [3.8, 4) is 5.75 Å². The minimum atomic E-state index is -3.67. The summed E-state index contributed by atoms with van der Waals surface area (Å²) in [6.45, 7) is 1.73. The minimum Gasteiger partial charge on any atom is -0.496 e. The minimum absolute atomic E-state index is 0.0677. The highest BCUT2D eigenvalue weighted by molar-refractivity contribution is 9.10. The topological polar surface area (TPSA) is 92.7 Å². The predicted octanol–water partition coefficient (Wildman–Crippen LogP) is 1.85. The molecule has 0 aromatic heterocycles. The van der Waals surface area contributed by atoms with Gasteiger partial charge in [-0.05, 0) is 40.0 Å². The summed E-state index contributed by atoms with van der Waals surface area (Å²) in [4.78, 5) is 10.6. The Morgan fingerprint density at radius 3 is 2.65 bits per heavy atom. The Hall–Kier alpha value is -1.12. The van der Waals surface area contributed by atoms with Crippen LogP contribution in [-0.2, 0) is 14.8 Å². The molecule has 0 spiro atoms. The number of methoxy groups -OCH3 is 1. The average molecular weight is 366 g/mol. The van der Waals surface area contributed by atoms with Crippen molar-refractivity contribution in [1.29, 1.82) is 0 Å². The lowest BCUT2D eigenvalue weighted by atomic mass is 10.1. The van der Waals surface area contributed by atoms with Gasteiger partial charge in [0.15, 0.2) is 0 Å². The molecule has 6 nitrogen and oxygen atoms in total. The van der Waals surface area contributed by atoms with Crippen LogP contribution in [0.2, 0.25) is 0 Å². The van der Waals surface area contributed by atoms with E-state index in [0.717, 1.165) is 0 Å². The molecule has 0 aliphatic carbocycles. The van der Waals surface area contributed by atoms with Crippen LogP contribution in [0.4, 0.5) is 0 Å². The second kappa shape index (κ2) is 7.05. The van der Waals surface area contributed by atoms with Crippen LogP contribution in [0.1, 0.15) is 13.3 Å². The maximum atomic E-state index is 12.1. The summed E-state index contributed by atoms with van der Waals surface area (Å²) in [6.07, 6.45) is -0.0885. The summed E-state index contributed by atoms with van der Waals surface area (Å²) >= 11 is 3.22. The van der Waals surface area contributed by atoms with Gasteiger partial charge in [0, 0.05) is 13.0 Å². The standard InChI is InChI=1S/C12H16BrNO5S/c1-8(5-12(15)16)7-14-20(17,18)9-3-4-11(19-2)10(13)6-9/h3-4,6,8,14H,5,7H2,1-2H3,(H,15,16). The number of sulfonamides is 1. The lowest BCUT2D eigenvalue weighted by Crippen LogP contribution is -2.29. The van der Waals surface area contributed by atoms with Crippen LogP contribution in [0, 0.1) is 5.92 Å². The molecule has 0 heterocycles. The first-order valence-corrected chi connectivity index (χ1v) is 8.09. The molecule has 0 aliphatic heterocycles. The highest BCUT2D eigenvalue weighted by atomic mass is 79.9. The van der Waals surface area contributed by atoms with Crippen molar-refractivity contribution < 1.29 is 23.1 Å². The fourth-order valence-corrected chi connectivity index (χ4v) is 3.40. The molecule has 0 amide bonds. The molecule has 0 bridgehead atoms. The first-order chi connectivity index (χ1) is 9.26. The fourth-order valence-electron chi connectivity index (χ4n) is 1.52. The van der Waals surface area contributed by atoms with Gasteiger partial charge in [-0.3, -0.25) is 4.79 Å². The summed E-state index contributed by atoms with van der Waals surface area (Å²) < 4.78 is 32.1. The summed E-state index contributed by atoms with van der Waals surface area (Å²) in [7, 11) is -2.18. The van der Waals surface area contributed by atoms with Gasteiger partial charge in [0.1, 0.15) is 5.75 Å². The molecule has 8 heteroatoms. The molecule has 1 aromatic rings. The van der Waals surface area contributed by atoms with Crippen LogP contribution in [0.15, 0.2) is 27.6 Å². The van der Waals surface area contributed by atoms with E-state index in [2.05, 4.69) is 20.7 Å². The quantitative estimate of drug-likeness (QED) is 0.768. The number of benzene rings is 1. The number of ether oxygens (including phenoxy) is 1. The van der Waals surface area contributed by atoms with Crippen molar-refractivity contribution in [2.24, 2.45) is 5.92 Å². The van der Waals surface area contributed by atoms with Crippen LogP contribution in [0.3, 0.4) is 0 Å². The third-order valence-electron chi connectivity index (χ3n) is 2.58. The number of carbonyl (C=O) groups is 1. The lowest BCUT2D eigenvalue weighted by Gasteiger charge is -2.12. The lowest BCUT2D eigenvalue weighted by molar-refractivity contribution is -0.137. The van der Waals surface area contributed by atoms with E-state index in [4.69, 9.17) is 9.84 Å². The molecule has 0 saturated carbocycles. The molecule has 2 N–H and O–H groups in total. The molecule has 1 rings (SSSR count). The first-order valence-electron chi connectivity index (χ1n) is 5.81. The summed E-state index contributed by atoms with van der Waals surface area (Å²) in [6, 6.07) is 4.40. The molecule has 1 atom stereocenters. The largest absolute Gasteiger partial charge is 0.496 e. The Morgan fingerprint density at radius 1 is 1.50 bits per heavy atom. The molecule has 112 valence electrons. The third-order valence-corrected chi connectivity index (χ3v) is 4.62. The molecule has 0 radical (unpaired) electrons. The molecule has 1 unspecified atom stereocenters. The van der Waals surface area contributed by atoms with E-state index in [1.807, 2.05) is 0 Å². The Morgan fingerprint density at radius 2 is 2.15 bits per heavy atom. The summed E-state index contributed by atoms with van der Waals surface area (Å²) in [5, 5.41) is 8.63.